The molecule has 1 unspecified atom stereocenters. The number of hydrogen-bond donors (Lipinski definition) is 1. The molecule has 0 spiro atoms. The Morgan fingerprint density at radius 3 is 3.15 bits per heavy atom. The number of fused-ring (bicyclic) bond motifs is 1. The van der Waals surface area contributed by atoms with Crippen LogP contribution in [0.3, 0.4) is 0 Å². The van der Waals surface area contributed by atoms with Gasteiger partial charge >= 0.3 is 0 Å². The Bertz CT molecular complexity index is 295. The maximum atomic E-state index is 3.74. The van der Waals surface area contributed by atoms with Crippen molar-refractivity contribution in [3.8, 4) is 0 Å². The van der Waals surface area contributed by atoms with E-state index in [1.54, 1.807) is 0 Å². The molecule has 70 valence electrons. The summed E-state index contributed by atoms with van der Waals surface area (Å²) in [5, 5.41) is 3.44. The van der Waals surface area contributed by atoms with Gasteiger partial charge in [0.2, 0.25) is 0 Å². The predicted octanol–water partition coefficient (Wildman–Crippen LogP) is 3.50. The molecule has 1 aromatic rings. The molecule has 1 N–H and O–H groups in total. The highest BCUT2D eigenvalue weighted by Gasteiger charge is 2.19. The summed E-state index contributed by atoms with van der Waals surface area (Å²) >= 11 is 3.74. The molecule has 0 aliphatic carbocycles. The predicted molar refractivity (Wildman–Crippen MR) is 60.6 cm³/mol. The Morgan fingerprint density at radius 1 is 1.54 bits per heavy atom. The summed E-state index contributed by atoms with van der Waals surface area (Å²) in [6, 6.07) is 6.53. The standard InChI is InChI=1S/C11H14BrN/c1-2-8-4-3-5-10-11(8)9(12)6-7-13-10/h3-5,9,13H,2,6-7H2,1H3. The van der Waals surface area contributed by atoms with Crippen molar-refractivity contribution in [3.63, 3.8) is 0 Å². The zero-order chi connectivity index (χ0) is 9.26. The average molecular weight is 240 g/mol. The molecule has 1 nitrogen and oxygen atoms in total. The van der Waals surface area contributed by atoms with Gasteiger partial charge in [-0.3, -0.25) is 0 Å². The van der Waals surface area contributed by atoms with Crippen molar-refractivity contribution in [2.24, 2.45) is 0 Å². The minimum Gasteiger partial charge on any atom is -0.385 e. The number of rotatable bonds is 1. The number of nitrogens with one attached hydrogen (secondary N) is 1. The Kier molecular flexibility index (Phi) is 2.58. The van der Waals surface area contributed by atoms with E-state index in [-0.39, 0.29) is 0 Å². The smallest absolute Gasteiger partial charge is 0.0435 e. The van der Waals surface area contributed by atoms with E-state index < -0.39 is 0 Å². The van der Waals surface area contributed by atoms with E-state index in [2.05, 4.69) is 46.4 Å². The largest absolute Gasteiger partial charge is 0.385 e. The fourth-order valence-corrected chi connectivity index (χ4v) is 2.69. The maximum Gasteiger partial charge on any atom is 0.0435 e. The van der Waals surface area contributed by atoms with Gasteiger partial charge in [0.15, 0.2) is 0 Å². The highest BCUT2D eigenvalue weighted by Crippen LogP contribution is 2.38. The molecule has 1 heterocycles. The van der Waals surface area contributed by atoms with Gasteiger partial charge in [-0.05, 0) is 30.0 Å². The number of hydrogen-bond acceptors (Lipinski definition) is 1. The summed E-state index contributed by atoms with van der Waals surface area (Å²) in [5.41, 5.74) is 4.25. The number of halogens is 1. The van der Waals surface area contributed by atoms with Crippen LogP contribution in [0.25, 0.3) is 0 Å². The van der Waals surface area contributed by atoms with Crippen LogP contribution in [0.15, 0.2) is 18.2 Å². The molecule has 1 aliphatic heterocycles. The van der Waals surface area contributed by atoms with E-state index in [1.807, 2.05) is 0 Å². The normalized spacial score (nSPS) is 20.6. The summed E-state index contributed by atoms with van der Waals surface area (Å²) in [6.07, 6.45) is 2.30. The molecular weight excluding hydrogens is 226 g/mol. The lowest BCUT2D eigenvalue weighted by molar-refractivity contribution is 0.809. The Morgan fingerprint density at radius 2 is 2.38 bits per heavy atom. The van der Waals surface area contributed by atoms with Crippen LogP contribution in [0, 0.1) is 0 Å². The highest BCUT2D eigenvalue weighted by atomic mass is 79.9. The van der Waals surface area contributed by atoms with Gasteiger partial charge in [-0.1, -0.05) is 35.0 Å². The second-order valence-corrected chi connectivity index (χ2v) is 4.52. The second kappa shape index (κ2) is 3.70. The Labute approximate surface area is 87.7 Å². The fraction of sp³-hybridized carbons (Fsp3) is 0.455. The molecule has 0 radical (unpaired) electrons. The molecule has 1 aliphatic rings. The summed E-state index contributed by atoms with van der Waals surface area (Å²) < 4.78 is 0. The molecule has 0 saturated carbocycles. The van der Waals surface area contributed by atoms with Crippen molar-refractivity contribution in [2.45, 2.75) is 24.6 Å². The van der Waals surface area contributed by atoms with E-state index in [9.17, 15) is 0 Å². The quantitative estimate of drug-likeness (QED) is 0.741. The minimum atomic E-state index is 0.542. The third-order valence-electron chi connectivity index (χ3n) is 2.60. The van der Waals surface area contributed by atoms with Crippen LogP contribution in [-0.4, -0.2) is 6.54 Å². The van der Waals surface area contributed by atoms with Crippen molar-refractivity contribution in [1.29, 1.82) is 0 Å². The lowest BCUT2D eigenvalue weighted by Gasteiger charge is -2.25. The first-order chi connectivity index (χ1) is 6.33. The molecule has 0 bridgehead atoms. The molecule has 2 rings (SSSR count). The van der Waals surface area contributed by atoms with Gasteiger partial charge in [-0.25, -0.2) is 0 Å². The van der Waals surface area contributed by atoms with Gasteiger partial charge in [0, 0.05) is 17.1 Å². The van der Waals surface area contributed by atoms with Crippen molar-refractivity contribution < 1.29 is 0 Å². The van der Waals surface area contributed by atoms with Crippen molar-refractivity contribution in [1.82, 2.24) is 0 Å². The monoisotopic (exact) mass is 239 g/mol. The summed E-state index contributed by atoms with van der Waals surface area (Å²) in [4.78, 5) is 0.542. The van der Waals surface area contributed by atoms with Crippen molar-refractivity contribution in [2.75, 3.05) is 11.9 Å². The zero-order valence-corrected chi connectivity index (χ0v) is 9.39. The molecule has 0 fully saturated rings. The average Bonchev–Trinajstić information content (AvgIpc) is 2.17. The third-order valence-corrected chi connectivity index (χ3v) is 3.52. The first kappa shape index (κ1) is 9.07. The van der Waals surface area contributed by atoms with E-state index in [0.29, 0.717) is 4.83 Å². The second-order valence-electron chi connectivity index (χ2n) is 3.41. The molecule has 0 saturated heterocycles. The van der Waals surface area contributed by atoms with Crippen LogP contribution in [0.5, 0.6) is 0 Å². The number of alkyl halides is 1. The Balaban J connectivity index is 2.50. The molecule has 13 heavy (non-hydrogen) atoms. The zero-order valence-electron chi connectivity index (χ0n) is 7.81. The Hall–Kier alpha value is -0.500. The molecule has 0 amide bonds. The van der Waals surface area contributed by atoms with Crippen LogP contribution < -0.4 is 5.32 Å². The minimum absolute atomic E-state index is 0.542. The molecule has 1 atom stereocenters. The summed E-state index contributed by atoms with van der Waals surface area (Å²) in [6.45, 7) is 3.29. The lowest BCUT2D eigenvalue weighted by atomic mass is 9.96. The van der Waals surface area contributed by atoms with E-state index in [0.717, 1.165) is 13.0 Å². The van der Waals surface area contributed by atoms with E-state index >= 15 is 0 Å². The van der Waals surface area contributed by atoms with Crippen LogP contribution in [0.2, 0.25) is 0 Å². The third kappa shape index (κ3) is 1.60. The summed E-state index contributed by atoms with van der Waals surface area (Å²) in [7, 11) is 0. The van der Waals surface area contributed by atoms with Crippen LogP contribution in [0.1, 0.15) is 29.3 Å². The van der Waals surface area contributed by atoms with Crippen molar-refractivity contribution >= 4 is 21.6 Å². The van der Waals surface area contributed by atoms with Crippen molar-refractivity contribution in [3.05, 3.63) is 29.3 Å². The highest BCUT2D eigenvalue weighted by molar-refractivity contribution is 9.09. The van der Waals surface area contributed by atoms with Crippen LogP contribution >= 0.6 is 15.9 Å². The van der Waals surface area contributed by atoms with Gasteiger partial charge in [0.25, 0.3) is 0 Å². The molecule has 0 aromatic heterocycles. The molecule has 2 heteroatoms. The number of benzene rings is 1. The summed E-state index contributed by atoms with van der Waals surface area (Å²) in [5.74, 6) is 0. The van der Waals surface area contributed by atoms with E-state index in [4.69, 9.17) is 0 Å². The van der Waals surface area contributed by atoms with Gasteiger partial charge in [0.1, 0.15) is 0 Å². The first-order valence-corrected chi connectivity index (χ1v) is 5.74. The number of aryl methyl sites for hydroxylation is 1. The fourth-order valence-electron chi connectivity index (χ4n) is 1.92. The van der Waals surface area contributed by atoms with Crippen LogP contribution in [-0.2, 0) is 6.42 Å². The van der Waals surface area contributed by atoms with Gasteiger partial charge in [-0.2, -0.15) is 0 Å². The number of anilines is 1. The SMILES string of the molecule is CCc1cccc2c1C(Br)CCN2. The topological polar surface area (TPSA) is 12.0 Å². The maximum absolute atomic E-state index is 3.74. The van der Waals surface area contributed by atoms with E-state index in [1.165, 1.54) is 23.2 Å². The first-order valence-electron chi connectivity index (χ1n) is 4.82. The molecule has 1 aromatic carbocycles. The van der Waals surface area contributed by atoms with Crippen LogP contribution in [0.4, 0.5) is 5.69 Å². The van der Waals surface area contributed by atoms with Gasteiger partial charge < -0.3 is 5.32 Å². The van der Waals surface area contributed by atoms with Gasteiger partial charge in [-0.15, -0.1) is 0 Å². The van der Waals surface area contributed by atoms with Gasteiger partial charge in [0.05, 0.1) is 0 Å². The molecular formula is C11H14BrN. The lowest BCUT2D eigenvalue weighted by Crippen LogP contribution is -2.15.